The predicted molar refractivity (Wildman–Crippen MR) is 124 cm³/mol. The first-order valence-corrected chi connectivity index (χ1v) is 13.3. The van der Waals surface area contributed by atoms with E-state index in [0.717, 1.165) is 26.1 Å². The highest BCUT2D eigenvalue weighted by molar-refractivity contribution is 7.89. The van der Waals surface area contributed by atoms with Crippen LogP contribution in [0.5, 0.6) is 0 Å². The molecule has 8 heteroatoms. The van der Waals surface area contributed by atoms with E-state index in [-0.39, 0.29) is 10.8 Å². The number of carbonyl (C=O) groups is 1. The Morgan fingerprint density at radius 2 is 1.74 bits per heavy atom. The molecular weight excluding hydrogens is 430 g/mol. The van der Waals surface area contributed by atoms with Crippen LogP contribution in [0.4, 0.5) is 0 Å². The Morgan fingerprint density at radius 3 is 2.39 bits per heavy atom. The lowest BCUT2D eigenvalue weighted by Crippen LogP contribution is -2.48. The van der Waals surface area contributed by atoms with Gasteiger partial charge in [0.2, 0.25) is 10.0 Å². The lowest BCUT2D eigenvalue weighted by molar-refractivity contribution is 0.0629. The van der Waals surface area contributed by atoms with Gasteiger partial charge in [0.15, 0.2) is 0 Å². The van der Waals surface area contributed by atoms with Crippen LogP contribution in [0.15, 0.2) is 46.7 Å². The number of hydrogen-bond acceptors (Lipinski definition) is 5. The van der Waals surface area contributed by atoms with Crippen molar-refractivity contribution in [1.82, 2.24) is 14.1 Å². The number of piperidine rings is 1. The van der Waals surface area contributed by atoms with E-state index in [1.54, 1.807) is 39.9 Å². The molecule has 6 nitrogen and oxygen atoms in total. The molecule has 0 N–H and O–H groups in total. The van der Waals surface area contributed by atoms with Crippen molar-refractivity contribution < 1.29 is 13.2 Å². The zero-order chi connectivity index (χ0) is 22.0. The van der Waals surface area contributed by atoms with Crippen LogP contribution in [0.2, 0.25) is 0 Å². The van der Waals surface area contributed by atoms with Crippen molar-refractivity contribution in [3.8, 4) is 0 Å². The fraction of sp³-hybridized carbons (Fsp3) is 0.522. The van der Waals surface area contributed by atoms with E-state index in [1.807, 2.05) is 4.90 Å². The minimum absolute atomic E-state index is 0.0896. The molecule has 2 fully saturated rings. The first-order valence-electron chi connectivity index (χ1n) is 11.0. The number of nitrogens with zero attached hydrogens (tertiary/aromatic N) is 3. The van der Waals surface area contributed by atoms with Crippen molar-refractivity contribution in [2.45, 2.75) is 31.7 Å². The minimum Gasteiger partial charge on any atom is -0.336 e. The number of amides is 1. The van der Waals surface area contributed by atoms with Crippen molar-refractivity contribution in [2.24, 2.45) is 11.8 Å². The summed E-state index contributed by atoms with van der Waals surface area (Å²) in [7, 11) is -3.60. The van der Waals surface area contributed by atoms with E-state index >= 15 is 0 Å². The maximum atomic E-state index is 13.2. The van der Waals surface area contributed by atoms with Gasteiger partial charge in [-0.05, 0) is 47.9 Å². The zero-order valence-corrected chi connectivity index (χ0v) is 19.9. The van der Waals surface area contributed by atoms with Gasteiger partial charge in [0.25, 0.3) is 5.91 Å². The molecule has 1 aromatic carbocycles. The Bertz CT molecular complexity index is 989. The number of piperazine rings is 1. The zero-order valence-electron chi connectivity index (χ0n) is 18.2. The molecule has 2 atom stereocenters. The summed E-state index contributed by atoms with van der Waals surface area (Å²) < 4.78 is 28.0. The second-order valence-corrected chi connectivity index (χ2v) is 11.9. The van der Waals surface area contributed by atoms with E-state index in [9.17, 15) is 13.2 Å². The average molecular weight is 462 g/mol. The fourth-order valence-electron chi connectivity index (χ4n) is 4.66. The maximum absolute atomic E-state index is 13.2. The number of carbonyl (C=O) groups excluding carboxylic acids is 1. The Kier molecular flexibility index (Phi) is 6.81. The Balaban J connectivity index is 1.42. The molecule has 1 aromatic heterocycles. The largest absolute Gasteiger partial charge is 0.336 e. The molecule has 0 bridgehead atoms. The summed E-state index contributed by atoms with van der Waals surface area (Å²) in [5.41, 5.74) is 0.450. The first-order chi connectivity index (χ1) is 14.8. The SMILES string of the molecule is CC1CC(C)CN(S(=O)(=O)c2cccc(C(=O)N3CCN(Cc4cccs4)CC3)c2)C1. The van der Waals surface area contributed by atoms with Crippen molar-refractivity contribution in [2.75, 3.05) is 39.3 Å². The molecule has 0 saturated carbocycles. The molecule has 168 valence electrons. The lowest BCUT2D eigenvalue weighted by Gasteiger charge is -2.35. The van der Waals surface area contributed by atoms with Gasteiger partial charge < -0.3 is 4.90 Å². The second-order valence-electron chi connectivity index (χ2n) is 8.94. The lowest BCUT2D eigenvalue weighted by atomic mass is 9.94. The molecule has 0 aliphatic carbocycles. The number of sulfonamides is 1. The summed E-state index contributed by atoms with van der Waals surface area (Å²) in [6, 6.07) is 10.8. The van der Waals surface area contributed by atoms with E-state index < -0.39 is 10.0 Å². The van der Waals surface area contributed by atoms with Gasteiger partial charge >= 0.3 is 0 Å². The van der Waals surface area contributed by atoms with Crippen molar-refractivity contribution in [3.05, 3.63) is 52.2 Å². The monoisotopic (exact) mass is 461 g/mol. The van der Waals surface area contributed by atoms with Gasteiger partial charge in [0.1, 0.15) is 0 Å². The molecule has 31 heavy (non-hydrogen) atoms. The Hall–Kier alpha value is -1.74. The van der Waals surface area contributed by atoms with Gasteiger partial charge in [-0.25, -0.2) is 8.42 Å². The number of hydrogen-bond donors (Lipinski definition) is 0. The van der Waals surface area contributed by atoms with Gasteiger partial charge in [-0.1, -0.05) is 26.0 Å². The van der Waals surface area contributed by atoms with E-state index in [1.165, 1.54) is 4.88 Å². The summed E-state index contributed by atoms with van der Waals surface area (Å²) in [6.07, 6.45) is 1.04. The third-order valence-corrected chi connectivity index (χ3v) is 8.86. The molecule has 2 unspecified atom stereocenters. The molecular formula is C23H31N3O3S2. The molecule has 0 spiro atoms. The molecule has 2 saturated heterocycles. The van der Waals surface area contributed by atoms with Gasteiger partial charge in [0.05, 0.1) is 4.90 Å². The Labute approximate surface area is 189 Å². The number of rotatable bonds is 5. The first kappa shape index (κ1) is 22.5. The van der Waals surface area contributed by atoms with E-state index in [4.69, 9.17) is 0 Å². The summed E-state index contributed by atoms with van der Waals surface area (Å²) >= 11 is 1.75. The minimum atomic E-state index is -3.60. The topological polar surface area (TPSA) is 60.9 Å². The Morgan fingerprint density at radius 1 is 1.03 bits per heavy atom. The van der Waals surface area contributed by atoms with Gasteiger partial charge in [-0.2, -0.15) is 4.31 Å². The quantitative estimate of drug-likeness (QED) is 0.685. The van der Waals surface area contributed by atoms with Crippen LogP contribution in [0, 0.1) is 11.8 Å². The van der Waals surface area contributed by atoms with Gasteiger partial charge in [-0.15, -0.1) is 11.3 Å². The van der Waals surface area contributed by atoms with E-state index in [0.29, 0.717) is 43.6 Å². The highest BCUT2D eigenvalue weighted by atomic mass is 32.2. The third kappa shape index (κ3) is 5.19. The molecule has 2 aromatic rings. The molecule has 2 aliphatic rings. The van der Waals surface area contributed by atoms with Gasteiger partial charge in [0, 0.05) is 56.3 Å². The maximum Gasteiger partial charge on any atom is 0.253 e. The van der Waals surface area contributed by atoms with Gasteiger partial charge in [-0.3, -0.25) is 9.69 Å². The standard InChI is InChI=1S/C23H31N3O3S2/c1-18-13-19(2)16-26(15-18)31(28,29)22-7-3-5-20(14-22)23(27)25-10-8-24(9-11-25)17-21-6-4-12-30-21/h3-7,12,14,18-19H,8-11,13,15-17H2,1-2H3. The normalized spacial score (nSPS) is 23.7. The number of benzene rings is 1. The van der Waals surface area contributed by atoms with Crippen molar-refractivity contribution in [1.29, 1.82) is 0 Å². The fourth-order valence-corrected chi connectivity index (χ4v) is 7.13. The summed E-state index contributed by atoms with van der Waals surface area (Å²) in [5, 5.41) is 2.08. The van der Waals surface area contributed by atoms with Crippen LogP contribution in [-0.4, -0.2) is 67.7 Å². The smallest absolute Gasteiger partial charge is 0.253 e. The van der Waals surface area contributed by atoms with Crippen LogP contribution < -0.4 is 0 Å². The molecule has 3 heterocycles. The number of thiophene rings is 1. The van der Waals surface area contributed by atoms with Crippen LogP contribution in [0.25, 0.3) is 0 Å². The van der Waals surface area contributed by atoms with E-state index in [2.05, 4.69) is 36.3 Å². The average Bonchev–Trinajstić information content (AvgIpc) is 3.26. The summed E-state index contributed by atoms with van der Waals surface area (Å²) in [5.74, 6) is 0.593. The third-order valence-electron chi connectivity index (χ3n) is 6.17. The summed E-state index contributed by atoms with van der Waals surface area (Å²) in [6.45, 7) is 9.14. The molecule has 4 rings (SSSR count). The van der Waals surface area contributed by atoms with Crippen LogP contribution in [0.1, 0.15) is 35.5 Å². The summed E-state index contributed by atoms with van der Waals surface area (Å²) in [4.78, 5) is 18.8. The highest BCUT2D eigenvalue weighted by Crippen LogP contribution is 2.27. The highest BCUT2D eigenvalue weighted by Gasteiger charge is 2.32. The van der Waals surface area contributed by atoms with Crippen LogP contribution in [-0.2, 0) is 16.6 Å². The molecule has 2 aliphatic heterocycles. The van der Waals surface area contributed by atoms with Crippen LogP contribution in [0.3, 0.4) is 0 Å². The van der Waals surface area contributed by atoms with Crippen molar-refractivity contribution >= 4 is 27.3 Å². The molecule has 1 amide bonds. The molecule has 0 radical (unpaired) electrons. The van der Waals surface area contributed by atoms with Crippen molar-refractivity contribution in [3.63, 3.8) is 0 Å². The van der Waals surface area contributed by atoms with Crippen LogP contribution >= 0.6 is 11.3 Å². The second kappa shape index (κ2) is 9.40. The predicted octanol–water partition coefficient (Wildman–Crippen LogP) is 3.37.